The molecule has 2 aromatic rings. The summed E-state index contributed by atoms with van der Waals surface area (Å²) in [4.78, 5) is 0. The number of benzene rings is 2. The molecule has 0 saturated carbocycles. The first-order valence-electron chi connectivity index (χ1n) is 6.83. The molecule has 0 heterocycles. The van der Waals surface area contributed by atoms with E-state index in [2.05, 4.69) is 50.5 Å². The van der Waals surface area contributed by atoms with Crippen molar-refractivity contribution in [2.45, 2.75) is 27.7 Å². The van der Waals surface area contributed by atoms with E-state index in [-0.39, 0.29) is 51.0 Å². The molecule has 0 saturated heterocycles. The van der Waals surface area contributed by atoms with Gasteiger partial charge in [-0.05, 0) is 38.8 Å². The number of rotatable bonds is 2. The van der Waals surface area contributed by atoms with Crippen LogP contribution in [0.5, 0.6) is 0 Å². The second-order valence-corrected chi connectivity index (χ2v) is 4.89. The molecule has 0 aliphatic heterocycles. The molecule has 124 valence electrons. The van der Waals surface area contributed by atoms with Gasteiger partial charge in [-0.3, -0.25) is 0 Å². The quantitative estimate of drug-likeness (QED) is 0.636. The average Bonchev–Trinajstić information content (AvgIpc) is 2.45. The van der Waals surface area contributed by atoms with E-state index < -0.39 is 0 Å². The molecular weight excluding hydrogens is 406 g/mol. The molecule has 0 aromatic heterocycles. The van der Waals surface area contributed by atoms with Gasteiger partial charge < -0.3 is 35.4 Å². The second kappa shape index (κ2) is 13.9. The van der Waals surface area contributed by atoms with Crippen molar-refractivity contribution in [1.82, 2.24) is 0 Å². The molecule has 0 aliphatic carbocycles. The Morgan fingerprint density at radius 3 is 1.13 bits per heavy atom. The van der Waals surface area contributed by atoms with Crippen molar-refractivity contribution in [2.24, 2.45) is 0 Å². The van der Waals surface area contributed by atoms with Crippen LogP contribution in [0.3, 0.4) is 0 Å². The fourth-order valence-electron chi connectivity index (χ4n) is 1.96. The summed E-state index contributed by atoms with van der Waals surface area (Å²) in [5.41, 5.74) is 7.38. The predicted molar refractivity (Wildman–Crippen MR) is 89.7 cm³/mol. The van der Waals surface area contributed by atoms with Gasteiger partial charge >= 0.3 is 26.2 Å². The first-order valence-corrected chi connectivity index (χ1v) is 6.83. The van der Waals surface area contributed by atoms with E-state index in [0.29, 0.717) is 0 Å². The summed E-state index contributed by atoms with van der Waals surface area (Å²) in [5.74, 6) is 0. The number of halogens is 2. The van der Waals surface area contributed by atoms with Crippen LogP contribution >= 0.6 is 0 Å². The van der Waals surface area contributed by atoms with Crippen molar-refractivity contribution in [1.29, 1.82) is 0 Å². The van der Waals surface area contributed by atoms with E-state index in [1.807, 2.05) is 38.4 Å². The van der Waals surface area contributed by atoms with Crippen molar-refractivity contribution in [3.63, 3.8) is 0 Å². The number of aryl methyl sites for hydroxylation is 2. The Morgan fingerprint density at radius 1 is 0.609 bits per heavy atom. The van der Waals surface area contributed by atoms with Crippen molar-refractivity contribution in [3.05, 3.63) is 69.3 Å². The second-order valence-electron chi connectivity index (χ2n) is 4.89. The maximum atomic E-state index is 4.13. The number of hydrogen-bond acceptors (Lipinski definition) is 0. The largest absolute Gasteiger partial charge is 4.00 e. The van der Waals surface area contributed by atoms with Crippen LogP contribution in [0.1, 0.15) is 22.3 Å². The zero-order chi connectivity index (χ0) is 15.1. The van der Waals surface area contributed by atoms with Crippen LogP contribution in [0.25, 0.3) is 10.6 Å². The standard InChI is InChI=1S/2C9H12N.2ClH.Zr/c2*1-7-5-4-6-9(10-3)8(7)2;;;/h2*4-6H,1-3H3;2*1H;/q2*-1;;;+4/p-2. The first kappa shape index (κ1) is 27.4. The number of hydrogen-bond donors (Lipinski definition) is 0. The zero-order valence-corrected chi connectivity index (χ0v) is 18.6. The van der Waals surface area contributed by atoms with Crippen molar-refractivity contribution >= 4 is 11.4 Å². The normalized spacial score (nSPS) is 8.26. The maximum Gasteiger partial charge on any atom is 4.00 e. The van der Waals surface area contributed by atoms with E-state index >= 15 is 0 Å². The van der Waals surface area contributed by atoms with E-state index in [9.17, 15) is 0 Å². The minimum absolute atomic E-state index is 0. The Kier molecular flexibility index (Phi) is 16.5. The molecule has 2 nitrogen and oxygen atoms in total. The maximum absolute atomic E-state index is 4.13. The fourth-order valence-corrected chi connectivity index (χ4v) is 1.96. The zero-order valence-electron chi connectivity index (χ0n) is 14.6. The SMILES string of the molecule is C[N-]c1cccc(C)c1C.C[N-]c1cccc(C)c1C.[Cl-].[Cl-].[Zr+4]. The average molecular weight is 431 g/mol. The smallest absolute Gasteiger partial charge is 1.00 e. The third-order valence-corrected chi connectivity index (χ3v) is 3.63. The molecule has 23 heavy (non-hydrogen) atoms. The summed E-state index contributed by atoms with van der Waals surface area (Å²) in [6, 6.07) is 12.3. The molecule has 0 amide bonds. The Hall–Kier alpha value is -0.497. The predicted octanol–water partition coefficient (Wildman–Crippen LogP) is -0.118. The summed E-state index contributed by atoms with van der Waals surface area (Å²) in [6.07, 6.45) is 0. The molecule has 0 unspecified atom stereocenters. The van der Waals surface area contributed by atoms with Crippen molar-refractivity contribution < 1.29 is 51.0 Å². The molecule has 0 N–H and O–H groups in total. The van der Waals surface area contributed by atoms with Crippen LogP contribution in [-0.2, 0) is 26.2 Å². The van der Waals surface area contributed by atoms with Crippen LogP contribution < -0.4 is 24.8 Å². The van der Waals surface area contributed by atoms with Gasteiger partial charge in [0.25, 0.3) is 0 Å². The van der Waals surface area contributed by atoms with Crippen molar-refractivity contribution in [2.75, 3.05) is 14.1 Å². The topological polar surface area (TPSA) is 28.2 Å². The van der Waals surface area contributed by atoms with Gasteiger partial charge in [0.1, 0.15) is 0 Å². The summed E-state index contributed by atoms with van der Waals surface area (Å²) in [5, 5.41) is 8.26. The summed E-state index contributed by atoms with van der Waals surface area (Å²) >= 11 is 0. The fraction of sp³-hybridized carbons (Fsp3) is 0.333. The molecule has 0 spiro atoms. The molecule has 5 heteroatoms. The van der Waals surface area contributed by atoms with E-state index in [0.717, 1.165) is 11.4 Å². The monoisotopic (exact) mass is 428 g/mol. The molecule has 0 bridgehead atoms. The molecule has 0 radical (unpaired) electrons. The first-order chi connectivity index (χ1) is 9.51. The Bertz CT molecular complexity index is 523. The van der Waals surface area contributed by atoms with Gasteiger partial charge in [0, 0.05) is 0 Å². The van der Waals surface area contributed by atoms with Gasteiger partial charge in [0.15, 0.2) is 0 Å². The Morgan fingerprint density at radius 2 is 0.913 bits per heavy atom. The van der Waals surface area contributed by atoms with Crippen LogP contribution in [0.2, 0.25) is 0 Å². The molecule has 0 aliphatic rings. The van der Waals surface area contributed by atoms with Gasteiger partial charge in [-0.15, -0.1) is 25.5 Å². The number of nitrogens with zero attached hydrogens (tertiary/aromatic N) is 2. The minimum atomic E-state index is 0. The van der Waals surface area contributed by atoms with Gasteiger partial charge in [-0.1, -0.05) is 47.5 Å². The summed E-state index contributed by atoms with van der Waals surface area (Å²) < 4.78 is 0. The van der Waals surface area contributed by atoms with Crippen LogP contribution in [-0.4, -0.2) is 14.1 Å². The van der Waals surface area contributed by atoms with E-state index in [4.69, 9.17) is 0 Å². The molecule has 2 rings (SSSR count). The summed E-state index contributed by atoms with van der Waals surface area (Å²) in [6.45, 7) is 8.39. The molecule has 0 atom stereocenters. The molecule has 2 aromatic carbocycles. The van der Waals surface area contributed by atoms with Gasteiger partial charge in [-0.2, -0.15) is 0 Å². The van der Waals surface area contributed by atoms with Crippen LogP contribution in [0.4, 0.5) is 11.4 Å². The van der Waals surface area contributed by atoms with Crippen LogP contribution in [0, 0.1) is 27.7 Å². The van der Waals surface area contributed by atoms with E-state index in [1.54, 1.807) is 0 Å². The van der Waals surface area contributed by atoms with Crippen LogP contribution in [0.15, 0.2) is 36.4 Å². The summed E-state index contributed by atoms with van der Waals surface area (Å²) in [7, 11) is 3.64. The third-order valence-electron chi connectivity index (χ3n) is 3.63. The molecule has 0 fully saturated rings. The van der Waals surface area contributed by atoms with Gasteiger partial charge in [0.2, 0.25) is 0 Å². The minimum Gasteiger partial charge on any atom is -1.00 e. The van der Waals surface area contributed by atoms with Gasteiger partial charge in [0.05, 0.1) is 0 Å². The van der Waals surface area contributed by atoms with Gasteiger partial charge in [-0.25, -0.2) is 0 Å². The van der Waals surface area contributed by atoms with Crippen molar-refractivity contribution in [3.8, 4) is 0 Å². The van der Waals surface area contributed by atoms with E-state index in [1.165, 1.54) is 22.3 Å². The molecular formula is C18H24Cl2N2Zr. The third kappa shape index (κ3) is 8.24. The Labute approximate surface area is 172 Å². The Balaban J connectivity index is -0.000000308.